The lowest BCUT2D eigenvalue weighted by atomic mass is 10.1. The van der Waals surface area contributed by atoms with E-state index in [2.05, 4.69) is 10.3 Å². The highest BCUT2D eigenvalue weighted by atomic mass is 16.5. The number of hydrogen-bond donors (Lipinski definition) is 3. The Morgan fingerprint density at radius 3 is 2.80 bits per heavy atom. The average molecular weight is 284 g/mol. The molecule has 0 spiro atoms. The van der Waals surface area contributed by atoms with Crippen molar-refractivity contribution in [3.63, 3.8) is 0 Å². The number of aromatic nitrogens is 1. The van der Waals surface area contributed by atoms with Crippen molar-refractivity contribution in [1.29, 1.82) is 0 Å². The molecule has 0 unspecified atom stereocenters. The minimum Gasteiger partial charge on any atom is -0.506 e. The van der Waals surface area contributed by atoms with Crippen LogP contribution in [0.5, 0.6) is 5.75 Å². The molecule has 0 atom stereocenters. The first kappa shape index (κ1) is 16.8. The largest absolute Gasteiger partial charge is 0.506 e. The number of aromatic hydroxyl groups is 1. The smallest absolute Gasteiger partial charge is 0.141 e. The van der Waals surface area contributed by atoms with Gasteiger partial charge in [-0.3, -0.25) is 4.98 Å². The number of hydrogen-bond acceptors (Lipinski definition) is 6. The fraction of sp³-hybridized carbons (Fsp3) is 0.643. The molecule has 0 aliphatic carbocycles. The van der Waals surface area contributed by atoms with Crippen LogP contribution in [-0.2, 0) is 22.6 Å². The Bertz CT molecular complexity index is 399. The average Bonchev–Trinajstić information content (AvgIpc) is 2.46. The van der Waals surface area contributed by atoms with E-state index in [0.717, 1.165) is 13.0 Å². The SMILES string of the molecule is COCCOCCCNCc1c(CO)cnc(C)c1O. The highest BCUT2D eigenvalue weighted by Crippen LogP contribution is 2.23. The van der Waals surface area contributed by atoms with E-state index in [1.807, 2.05) is 0 Å². The van der Waals surface area contributed by atoms with E-state index < -0.39 is 0 Å². The van der Waals surface area contributed by atoms with E-state index >= 15 is 0 Å². The fourth-order valence-electron chi connectivity index (χ4n) is 1.77. The Kier molecular flexibility index (Phi) is 8.13. The van der Waals surface area contributed by atoms with E-state index in [0.29, 0.717) is 43.2 Å². The highest BCUT2D eigenvalue weighted by Gasteiger charge is 2.10. The van der Waals surface area contributed by atoms with Gasteiger partial charge in [0.2, 0.25) is 0 Å². The number of nitrogens with zero attached hydrogens (tertiary/aromatic N) is 1. The first-order chi connectivity index (χ1) is 9.70. The Labute approximate surface area is 119 Å². The van der Waals surface area contributed by atoms with Gasteiger partial charge in [-0.05, 0) is 19.9 Å². The number of aryl methyl sites for hydroxylation is 1. The Balaban J connectivity index is 2.30. The summed E-state index contributed by atoms with van der Waals surface area (Å²) in [6.45, 7) is 4.78. The van der Waals surface area contributed by atoms with Gasteiger partial charge >= 0.3 is 0 Å². The molecular weight excluding hydrogens is 260 g/mol. The van der Waals surface area contributed by atoms with E-state index in [4.69, 9.17) is 9.47 Å². The van der Waals surface area contributed by atoms with Gasteiger partial charge in [0.05, 0.1) is 25.5 Å². The molecule has 0 radical (unpaired) electrons. The number of aliphatic hydroxyl groups is 1. The molecule has 0 saturated heterocycles. The molecule has 0 fully saturated rings. The molecule has 0 bridgehead atoms. The van der Waals surface area contributed by atoms with Crippen LogP contribution in [0.3, 0.4) is 0 Å². The summed E-state index contributed by atoms with van der Waals surface area (Å²) >= 11 is 0. The van der Waals surface area contributed by atoms with Crippen molar-refractivity contribution >= 4 is 0 Å². The third-order valence-corrected chi connectivity index (χ3v) is 2.98. The van der Waals surface area contributed by atoms with Gasteiger partial charge in [0.25, 0.3) is 0 Å². The lowest BCUT2D eigenvalue weighted by Crippen LogP contribution is -2.18. The summed E-state index contributed by atoms with van der Waals surface area (Å²) in [5.41, 5.74) is 1.93. The molecule has 0 amide bonds. The predicted molar refractivity (Wildman–Crippen MR) is 75.6 cm³/mol. The van der Waals surface area contributed by atoms with Crippen LogP contribution in [0, 0.1) is 6.92 Å². The van der Waals surface area contributed by atoms with Crippen molar-refractivity contribution in [3.8, 4) is 5.75 Å². The quantitative estimate of drug-likeness (QED) is 0.549. The van der Waals surface area contributed by atoms with Crippen molar-refractivity contribution in [2.24, 2.45) is 0 Å². The topological polar surface area (TPSA) is 83.8 Å². The number of ether oxygens (including phenoxy) is 2. The summed E-state index contributed by atoms with van der Waals surface area (Å²) < 4.78 is 10.2. The third-order valence-electron chi connectivity index (χ3n) is 2.98. The maximum Gasteiger partial charge on any atom is 0.141 e. The molecule has 1 rings (SSSR count). The van der Waals surface area contributed by atoms with Crippen LogP contribution in [0.25, 0.3) is 0 Å². The number of aliphatic hydroxyl groups excluding tert-OH is 1. The highest BCUT2D eigenvalue weighted by molar-refractivity contribution is 5.40. The van der Waals surface area contributed by atoms with Crippen molar-refractivity contribution in [2.75, 3.05) is 33.5 Å². The number of pyridine rings is 1. The summed E-state index contributed by atoms with van der Waals surface area (Å²) in [4.78, 5) is 4.03. The van der Waals surface area contributed by atoms with Crippen LogP contribution < -0.4 is 5.32 Å². The van der Waals surface area contributed by atoms with Gasteiger partial charge in [-0.1, -0.05) is 0 Å². The molecule has 0 aromatic carbocycles. The molecule has 20 heavy (non-hydrogen) atoms. The molecule has 1 aromatic rings. The Morgan fingerprint density at radius 1 is 1.30 bits per heavy atom. The normalized spacial score (nSPS) is 10.9. The summed E-state index contributed by atoms with van der Waals surface area (Å²) in [6, 6.07) is 0. The van der Waals surface area contributed by atoms with E-state index in [1.165, 1.54) is 0 Å². The molecule has 6 heteroatoms. The number of methoxy groups -OCH3 is 1. The van der Waals surface area contributed by atoms with E-state index in [-0.39, 0.29) is 12.4 Å². The first-order valence-electron chi connectivity index (χ1n) is 6.75. The molecule has 114 valence electrons. The van der Waals surface area contributed by atoms with Gasteiger partial charge in [-0.15, -0.1) is 0 Å². The zero-order chi connectivity index (χ0) is 14.8. The van der Waals surface area contributed by atoms with Gasteiger partial charge in [-0.2, -0.15) is 0 Å². The van der Waals surface area contributed by atoms with Gasteiger partial charge in [0.15, 0.2) is 0 Å². The Morgan fingerprint density at radius 2 is 2.10 bits per heavy atom. The van der Waals surface area contributed by atoms with Crippen molar-refractivity contribution in [1.82, 2.24) is 10.3 Å². The van der Waals surface area contributed by atoms with Crippen LogP contribution >= 0.6 is 0 Å². The predicted octanol–water partition coefficient (Wildman–Crippen LogP) is 0.731. The zero-order valence-corrected chi connectivity index (χ0v) is 12.2. The van der Waals surface area contributed by atoms with Gasteiger partial charge in [-0.25, -0.2) is 0 Å². The van der Waals surface area contributed by atoms with Crippen molar-refractivity contribution < 1.29 is 19.7 Å². The van der Waals surface area contributed by atoms with Crippen LogP contribution in [-0.4, -0.2) is 48.7 Å². The van der Waals surface area contributed by atoms with Gasteiger partial charge in [0.1, 0.15) is 5.75 Å². The van der Waals surface area contributed by atoms with Crippen LogP contribution in [0.2, 0.25) is 0 Å². The second-order valence-electron chi connectivity index (χ2n) is 4.49. The molecule has 1 aromatic heterocycles. The standard InChI is InChI=1S/C14H24N2O4/c1-11-14(18)13(12(10-17)8-16-11)9-15-4-3-5-20-7-6-19-2/h8,15,17-18H,3-7,9-10H2,1-2H3. The van der Waals surface area contributed by atoms with Crippen LogP contribution in [0.1, 0.15) is 23.2 Å². The molecule has 1 heterocycles. The van der Waals surface area contributed by atoms with Crippen LogP contribution in [0.4, 0.5) is 0 Å². The second-order valence-corrected chi connectivity index (χ2v) is 4.49. The summed E-state index contributed by atoms with van der Waals surface area (Å²) in [7, 11) is 1.65. The second kappa shape index (κ2) is 9.66. The van der Waals surface area contributed by atoms with Crippen molar-refractivity contribution in [2.45, 2.75) is 26.5 Å². The number of nitrogens with one attached hydrogen (secondary N) is 1. The van der Waals surface area contributed by atoms with Gasteiger partial charge < -0.3 is 25.0 Å². The third kappa shape index (κ3) is 5.42. The number of rotatable bonds is 10. The fourth-order valence-corrected chi connectivity index (χ4v) is 1.77. The van der Waals surface area contributed by atoms with E-state index in [9.17, 15) is 10.2 Å². The summed E-state index contributed by atoms with van der Waals surface area (Å²) in [5, 5.41) is 22.4. The molecule has 0 aliphatic rings. The maximum atomic E-state index is 9.96. The summed E-state index contributed by atoms with van der Waals surface area (Å²) in [5.74, 6) is 0.153. The monoisotopic (exact) mass is 284 g/mol. The lowest BCUT2D eigenvalue weighted by molar-refractivity contribution is 0.0694. The first-order valence-corrected chi connectivity index (χ1v) is 6.75. The molecular formula is C14H24N2O4. The van der Waals surface area contributed by atoms with Crippen LogP contribution in [0.15, 0.2) is 6.20 Å². The minimum absolute atomic E-state index is 0.127. The molecule has 0 aliphatic heterocycles. The van der Waals surface area contributed by atoms with E-state index in [1.54, 1.807) is 20.2 Å². The zero-order valence-electron chi connectivity index (χ0n) is 12.2. The molecule has 3 N–H and O–H groups in total. The van der Waals surface area contributed by atoms with Gasteiger partial charge in [0, 0.05) is 37.6 Å². The summed E-state index contributed by atoms with van der Waals surface area (Å²) in [6.07, 6.45) is 2.48. The molecule has 0 saturated carbocycles. The Hall–Kier alpha value is -1.21. The van der Waals surface area contributed by atoms with Crippen molar-refractivity contribution in [3.05, 3.63) is 23.0 Å². The minimum atomic E-state index is -0.127. The maximum absolute atomic E-state index is 9.96. The lowest BCUT2D eigenvalue weighted by Gasteiger charge is -2.12. The molecule has 6 nitrogen and oxygen atoms in total.